The van der Waals surface area contributed by atoms with Gasteiger partial charge in [-0.05, 0) is 0 Å². The second kappa shape index (κ2) is 24.9. The summed E-state index contributed by atoms with van der Waals surface area (Å²) in [6.07, 6.45) is 27.3. The van der Waals surface area contributed by atoms with Crippen LogP contribution in [0.2, 0.25) is 0 Å². The van der Waals surface area contributed by atoms with Gasteiger partial charge in [-0.25, -0.2) is 18.2 Å². The molecule has 2 aromatic rings. The van der Waals surface area contributed by atoms with Crippen LogP contribution in [0.1, 0.15) is 153 Å². The summed E-state index contributed by atoms with van der Waals surface area (Å²) >= 11 is 0. The van der Waals surface area contributed by atoms with Gasteiger partial charge in [0.15, 0.2) is 0 Å². The van der Waals surface area contributed by atoms with Gasteiger partial charge in [0.2, 0.25) is 0 Å². The Hall–Kier alpha value is -0.781. The first-order valence-corrected chi connectivity index (χ1v) is 15.2. The molecule has 1 heteroatoms. The molecule has 0 nitrogen and oxygen atoms in total. The average Bonchev–Trinajstić information content (AvgIpc) is 3.51. The zero-order valence-electron chi connectivity index (χ0n) is 24.0. The number of hydrogen-bond donors (Lipinski definition) is 0. The van der Waals surface area contributed by atoms with E-state index in [0.29, 0.717) is 0 Å². The van der Waals surface area contributed by atoms with Crippen LogP contribution in [0.3, 0.4) is 0 Å². The maximum Gasteiger partial charge on any atom is 2.00 e. The summed E-state index contributed by atoms with van der Waals surface area (Å²) in [5, 5.41) is 0. The fourth-order valence-electron chi connectivity index (χ4n) is 4.95. The maximum absolute atomic E-state index is 2.45. The molecular formula is C34H58Fe. The Morgan fingerprint density at radius 3 is 1.69 bits per heavy atom. The molecule has 0 saturated heterocycles. The van der Waals surface area contributed by atoms with Crippen molar-refractivity contribution >= 4 is 0 Å². The normalized spacial score (nSPS) is 10.6. The van der Waals surface area contributed by atoms with E-state index < -0.39 is 0 Å². The largest absolute Gasteiger partial charge is 2.00 e. The van der Waals surface area contributed by atoms with Crippen LogP contribution in [0, 0.1) is 0 Å². The molecular weight excluding hydrogens is 464 g/mol. The van der Waals surface area contributed by atoms with E-state index in [4.69, 9.17) is 0 Å². The molecule has 0 atom stereocenters. The van der Waals surface area contributed by atoms with Crippen molar-refractivity contribution in [2.75, 3.05) is 0 Å². The molecule has 0 fully saturated rings. The summed E-state index contributed by atoms with van der Waals surface area (Å²) in [6.45, 7) is 9.16. The Balaban J connectivity index is 0.000000807. The van der Waals surface area contributed by atoms with Gasteiger partial charge in [-0.15, -0.1) is 0 Å². The Morgan fingerprint density at radius 1 is 0.600 bits per heavy atom. The quantitative estimate of drug-likeness (QED) is 0.0921. The van der Waals surface area contributed by atoms with Gasteiger partial charge in [0.05, 0.1) is 0 Å². The molecule has 0 aliphatic heterocycles. The molecule has 0 aliphatic carbocycles. The fraction of sp³-hybridized carbons (Fsp3) is 0.706. The first kappa shape index (κ1) is 34.2. The van der Waals surface area contributed by atoms with Crippen molar-refractivity contribution in [2.45, 2.75) is 156 Å². The minimum absolute atomic E-state index is 0. The molecule has 0 heterocycles. The van der Waals surface area contributed by atoms with Gasteiger partial charge in [0.1, 0.15) is 0 Å². The van der Waals surface area contributed by atoms with E-state index in [-0.39, 0.29) is 17.1 Å². The van der Waals surface area contributed by atoms with Gasteiger partial charge in [-0.1, -0.05) is 156 Å². The zero-order chi connectivity index (χ0) is 24.7. The molecule has 2 rings (SSSR count). The van der Waals surface area contributed by atoms with Crippen LogP contribution in [0.5, 0.6) is 0 Å². The summed E-state index contributed by atoms with van der Waals surface area (Å²) in [5.41, 5.74) is 6.61. The minimum Gasteiger partial charge on any atom is -0.213 e. The molecule has 0 N–H and O–H groups in total. The smallest absolute Gasteiger partial charge is 0.213 e. The molecule has 0 amide bonds. The summed E-state index contributed by atoms with van der Waals surface area (Å²) < 4.78 is 0. The van der Waals surface area contributed by atoms with E-state index in [2.05, 4.69) is 64.1 Å². The van der Waals surface area contributed by atoms with Crippen LogP contribution >= 0.6 is 0 Å². The van der Waals surface area contributed by atoms with Crippen molar-refractivity contribution in [1.82, 2.24) is 0 Å². The van der Waals surface area contributed by atoms with E-state index in [1.807, 2.05) is 0 Å². The number of rotatable bonds is 20. The van der Waals surface area contributed by atoms with Crippen molar-refractivity contribution in [3.8, 4) is 0 Å². The summed E-state index contributed by atoms with van der Waals surface area (Å²) in [6, 6.07) is 13.6. The van der Waals surface area contributed by atoms with Gasteiger partial charge >= 0.3 is 17.1 Å². The zero-order valence-corrected chi connectivity index (χ0v) is 25.1. The predicted octanol–water partition coefficient (Wildman–Crippen LogP) is 11.3. The first-order chi connectivity index (χ1) is 16.8. The van der Waals surface area contributed by atoms with Crippen LogP contribution < -0.4 is 0 Å². The Bertz CT molecular complexity index is 619. The fourth-order valence-corrected chi connectivity index (χ4v) is 4.95. The first-order valence-electron chi connectivity index (χ1n) is 15.2. The molecule has 202 valence electrons. The van der Waals surface area contributed by atoms with Crippen LogP contribution in [0.15, 0.2) is 36.4 Å². The number of aryl methyl sites for hydroxylation is 3. The third-order valence-corrected chi connectivity index (χ3v) is 7.19. The second-order valence-electron chi connectivity index (χ2n) is 10.4. The molecule has 2 aromatic carbocycles. The van der Waals surface area contributed by atoms with E-state index in [1.54, 1.807) is 16.7 Å². The summed E-state index contributed by atoms with van der Waals surface area (Å²) in [4.78, 5) is 0. The van der Waals surface area contributed by atoms with Gasteiger partial charge < -0.3 is 0 Å². The average molecular weight is 523 g/mol. The van der Waals surface area contributed by atoms with E-state index >= 15 is 0 Å². The van der Waals surface area contributed by atoms with Crippen molar-refractivity contribution in [2.24, 2.45) is 0 Å². The van der Waals surface area contributed by atoms with Crippen LogP contribution in [0.25, 0.3) is 0 Å². The Kier molecular flexibility index (Phi) is 24.3. The molecule has 0 spiro atoms. The second-order valence-corrected chi connectivity index (χ2v) is 10.4. The maximum atomic E-state index is 2.45. The molecule has 0 bridgehead atoms. The number of unbranched alkanes of at least 4 members (excludes halogenated alkanes) is 12. The van der Waals surface area contributed by atoms with Crippen LogP contribution in [-0.2, 0) is 42.8 Å². The molecule has 0 radical (unpaired) electrons. The standard InChI is InChI=1S/C23H41.C11H17.Fe/c1-4-7-10-13-16-21-19-20-22(17-14-11-8-5-2)23(21)18-15-12-9-6-3;1-2-3-4-5-8-11-9-6-7-10-11;/h19-20H,4-18H2,1-3H3;6-7,9-10H,2-5,8H2,1H3;/q2*-1;+2. The van der Waals surface area contributed by atoms with Crippen molar-refractivity contribution in [3.63, 3.8) is 0 Å². The van der Waals surface area contributed by atoms with E-state index in [0.717, 1.165) is 0 Å². The third-order valence-electron chi connectivity index (χ3n) is 7.19. The SMILES string of the molecule is CCCCCCc1cc[c-](CCCCCC)c1CCCCCC.CCCCCCc1ccc[cH-]1.[Fe+2]. The molecule has 0 aromatic heterocycles. The Morgan fingerprint density at radius 2 is 1.14 bits per heavy atom. The van der Waals surface area contributed by atoms with Crippen LogP contribution in [-0.4, -0.2) is 0 Å². The minimum atomic E-state index is 0. The predicted molar refractivity (Wildman–Crippen MR) is 155 cm³/mol. The number of hydrogen-bond acceptors (Lipinski definition) is 0. The van der Waals surface area contributed by atoms with Crippen LogP contribution in [0.4, 0.5) is 0 Å². The molecule has 35 heavy (non-hydrogen) atoms. The third kappa shape index (κ3) is 17.3. The molecule has 0 saturated carbocycles. The Labute approximate surface area is 231 Å². The monoisotopic (exact) mass is 522 g/mol. The van der Waals surface area contributed by atoms with Gasteiger partial charge in [0.25, 0.3) is 0 Å². The van der Waals surface area contributed by atoms with Gasteiger partial charge in [-0.2, -0.15) is 40.5 Å². The summed E-state index contributed by atoms with van der Waals surface area (Å²) in [5.74, 6) is 0. The molecule has 0 unspecified atom stereocenters. The topological polar surface area (TPSA) is 0 Å². The van der Waals surface area contributed by atoms with Gasteiger partial charge in [-0.3, -0.25) is 0 Å². The van der Waals surface area contributed by atoms with Crippen molar-refractivity contribution in [1.29, 1.82) is 0 Å². The van der Waals surface area contributed by atoms with Gasteiger partial charge in [0, 0.05) is 0 Å². The molecule has 0 aliphatic rings. The van der Waals surface area contributed by atoms with E-state index in [1.165, 1.54) is 134 Å². The summed E-state index contributed by atoms with van der Waals surface area (Å²) in [7, 11) is 0. The van der Waals surface area contributed by atoms with E-state index in [9.17, 15) is 0 Å². The van der Waals surface area contributed by atoms with Crippen molar-refractivity contribution in [3.05, 3.63) is 58.7 Å². The van der Waals surface area contributed by atoms with Crippen molar-refractivity contribution < 1.29 is 17.1 Å².